The van der Waals surface area contributed by atoms with Gasteiger partial charge in [0, 0.05) is 59.9 Å². The molecule has 1 saturated heterocycles. The molecule has 0 spiro atoms. The fraction of sp³-hybridized carbons (Fsp3) is 0.684. The van der Waals surface area contributed by atoms with Crippen LogP contribution in [0.15, 0.2) is 27.8 Å². The number of carbonyl (C=O) groups excluding carboxylic acids is 1. The van der Waals surface area contributed by atoms with Crippen LogP contribution in [0, 0.1) is 0 Å². The zero-order valence-electron chi connectivity index (χ0n) is 17.0. The van der Waals surface area contributed by atoms with Crippen LogP contribution in [0.25, 0.3) is 0 Å². The molecule has 9 heteroatoms. The molecule has 2 N–H and O–H groups in total. The van der Waals surface area contributed by atoms with Crippen LogP contribution in [0.3, 0.4) is 0 Å². The maximum atomic E-state index is 11.9. The number of furan rings is 1. The number of methoxy groups -OCH3 is 2. The van der Waals surface area contributed by atoms with Gasteiger partial charge in [0.25, 0.3) is 0 Å². The molecule has 1 amide bonds. The maximum absolute atomic E-state index is 11.9. The van der Waals surface area contributed by atoms with Gasteiger partial charge in [0.05, 0.1) is 32.6 Å². The molecular formula is C19H33N5O4. The number of aliphatic imine (C=N–C) groups is 1. The van der Waals surface area contributed by atoms with Gasteiger partial charge in [-0.15, -0.1) is 0 Å². The van der Waals surface area contributed by atoms with Crippen molar-refractivity contribution >= 4 is 11.9 Å². The van der Waals surface area contributed by atoms with E-state index in [4.69, 9.17) is 13.9 Å². The lowest BCUT2D eigenvalue weighted by Gasteiger charge is -2.36. The molecule has 0 atom stereocenters. The number of ether oxygens (including phenoxy) is 2. The SMILES string of the molecule is COCCN=C(NCCc1ccco1)N1CCN(CC(=O)NCCOC)CC1. The quantitative estimate of drug-likeness (QED) is 0.304. The zero-order valence-corrected chi connectivity index (χ0v) is 17.0. The Kier molecular flexibility index (Phi) is 10.4. The van der Waals surface area contributed by atoms with Crippen molar-refractivity contribution in [2.24, 2.45) is 4.99 Å². The number of rotatable bonds is 11. The largest absolute Gasteiger partial charge is 0.469 e. The van der Waals surface area contributed by atoms with Crippen LogP contribution in [0.2, 0.25) is 0 Å². The van der Waals surface area contributed by atoms with Crippen LogP contribution >= 0.6 is 0 Å². The lowest BCUT2D eigenvalue weighted by Crippen LogP contribution is -2.54. The van der Waals surface area contributed by atoms with Crippen molar-refractivity contribution < 1.29 is 18.7 Å². The lowest BCUT2D eigenvalue weighted by molar-refractivity contribution is -0.122. The molecule has 1 aliphatic rings. The first-order valence-corrected chi connectivity index (χ1v) is 9.75. The zero-order chi connectivity index (χ0) is 20.0. The molecule has 1 fully saturated rings. The average Bonchev–Trinajstić information content (AvgIpc) is 3.21. The number of hydrogen-bond donors (Lipinski definition) is 2. The summed E-state index contributed by atoms with van der Waals surface area (Å²) in [5.41, 5.74) is 0. The molecular weight excluding hydrogens is 362 g/mol. The van der Waals surface area contributed by atoms with Gasteiger partial charge in [0.15, 0.2) is 5.96 Å². The van der Waals surface area contributed by atoms with Gasteiger partial charge < -0.3 is 29.4 Å². The second-order valence-electron chi connectivity index (χ2n) is 6.56. The smallest absolute Gasteiger partial charge is 0.234 e. The van der Waals surface area contributed by atoms with Crippen molar-refractivity contribution in [3.05, 3.63) is 24.2 Å². The summed E-state index contributed by atoms with van der Waals surface area (Å²) in [6.45, 7) is 6.74. The van der Waals surface area contributed by atoms with E-state index in [2.05, 4.69) is 25.4 Å². The maximum Gasteiger partial charge on any atom is 0.234 e. The van der Waals surface area contributed by atoms with E-state index in [-0.39, 0.29) is 5.91 Å². The van der Waals surface area contributed by atoms with Crippen LogP contribution in [0.4, 0.5) is 0 Å². The Hall–Kier alpha value is -2.10. The van der Waals surface area contributed by atoms with E-state index >= 15 is 0 Å². The van der Waals surface area contributed by atoms with Crippen molar-refractivity contribution in [3.63, 3.8) is 0 Å². The molecule has 2 heterocycles. The van der Waals surface area contributed by atoms with Crippen LogP contribution in [0.5, 0.6) is 0 Å². The molecule has 158 valence electrons. The third-order valence-corrected chi connectivity index (χ3v) is 4.46. The minimum Gasteiger partial charge on any atom is -0.469 e. The highest BCUT2D eigenvalue weighted by molar-refractivity contribution is 5.80. The van der Waals surface area contributed by atoms with Gasteiger partial charge in [0.1, 0.15) is 5.76 Å². The number of guanidine groups is 1. The monoisotopic (exact) mass is 395 g/mol. The minimum absolute atomic E-state index is 0.0380. The molecule has 0 radical (unpaired) electrons. The van der Waals surface area contributed by atoms with E-state index in [0.29, 0.717) is 32.8 Å². The molecule has 1 aromatic rings. The van der Waals surface area contributed by atoms with Gasteiger partial charge in [-0.2, -0.15) is 0 Å². The summed E-state index contributed by atoms with van der Waals surface area (Å²) in [5, 5.41) is 6.29. The summed E-state index contributed by atoms with van der Waals surface area (Å²) in [6.07, 6.45) is 2.49. The first-order chi connectivity index (χ1) is 13.7. The summed E-state index contributed by atoms with van der Waals surface area (Å²) in [4.78, 5) is 21.0. The van der Waals surface area contributed by atoms with Crippen molar-refractivity contribution in [1.29, 1.82) is 0 Å². The van der Waals surface area contributed by atoms with E-state index in [9.17, 15) is 4.79 Å². The van der Waals surface area contributed by atoms with Gasteiger partial charge in [-0.1, -0.05) is 0 Å². The van der Waals surface area contributed by atoms with Gasteiger partial charge in [-0.3, -0.25) is 14.7 Å². The Morgan fingerprint density at radius 1 is 1.14 bits per heavy atom. The second kappa shape index (κ2) is 13.1. The summed E-state index contributed by atoms with van der Waals surface area (Å²) in [6, 6.07) is 3.87. The van der Waals surface area contributed by atoms with Crippen molar-refractivity contribution in [2.45, 2.75) is 6.42 Å². The summed E-state index contributed by atoms with van der Waals surface area (Å²) in [5.74, 6) is 1.87. The van der Waals surface area contributed by atoms with Gasteiger partial charge >= 0.3 is 0 Å². The fourth-order valence-electron chi connectivity index (χ4n) is 2.93. The molecule has 1 aliphatic heterocycles. The molecule has 0 unspecified atom stereocenters. The number of piperazine rings is 1. The molecule has 1 aromatic heterocycles. The van der Waals surface area contributed by atoms with E-state index in [1.165, 1.54) is 0 Å². The Balaban J connectivity index is 1.76. The number of nitrogens with one attached hydrogen (secondary N) is 2. The van der Waals surface area contributed by atoms with E-state index < -0.39 is 0 Å². The Bertz CT molecular complexity index is 571. The number of hydrogen-bond acceptors (Lipinski definition) is 6. The third kappa shape index (κ3) is 8.28. The average molecular weight is 396 g/mol. The van der Waals surface area contributed by atoms with Crippen molar-refractivity contribution in [3.8, 4) is 0 Å². The van der Waals surface area contributed by atoms with Gasteiger partial charge in [-0.25, -0.2) is 0 Å². The predicted molar refractivity (Wildman–Crippen MR) is 107 cm³/mol. The molecule has 28 heavy (non-hydrogen) atoms. The molecule has 0 bridgehead atoms. The third-order valence-electron chi connectivity index (χ3n) is 4.46. The normalized spacial score (nSPS) is 15.6. The van der Waals surface area contributed by atoms with Crippen LogP contribution in [-0.2, 0) is 20.7 Å². The van der Waals surface area contributed by atoms with E-state index in [1.54, 1.807) is 20.5 Å². The summed E-state index contributed by atoms with van der Waals surface area (Å²) < 4.78 is 15.4. The predicted octanol–water partition coefficient (Wildman–Crippen LogP) is -0.206. The van der Waals surface area contributed by atoms with Gasteiger partial charge in [-0.05, 0) is 12.1 Å². The van der Waals surface area contributed by atoms with Crippen LogP contribution in [-0.4, -0.2) is 101 Å². The van der Waals surface area contributed by atoms with Crippen molar-refractivity contribution in [2.75, 3.05) is 79.8 Å². The first kappa shape index (κ1) is 22.2. The lowest BCUT2D eigenvalue weighted by atomic mass is 10.3. The molecule has 9 nitrogen and oxygen atoms in total. The molecule has 0 saturated carbocycles. The number of amides is 1. The van der Waals surface area contributed by atoms with Gasteiger partial charge in [0.2, 0.25) is 5.91 Å². The Morgan fingerprint density at radius 2 is 1.93 bits per heavy atom. The number of nitrogens with zero attached hydrogens (tertiary/aromatic N) is 3. The highest BCUT2D eigenvalue weighted by Crippen LogP contribution is 2.04. The Labute approximate surface area is 167 Å². The molecule has 0 aliphatic carbocycles. The Morgan fingerprint density at radius 3 is 2.61 bits per heavy atom. The standard InChI is InChI=1S/C19H33N5O4/c1-26-14-7-20-18(25)16-23-9-11-24(12-10-23)19(22-8-15-27-2)21-6-5-17-4-3-13-28-17/h3-4,13H,5-12,14-16H2,1-2H3,(H,20,25)(H,21,22). The minimum atomic E-state index is 0.0380. The fourth-order valence-corrected chi connectivity index (χ4v) is 2.93. The van der Waals surface area contributed by atoms with Crippen LogP contribution < -0.4 is 10.6 Å². The highest BCUT2D eigenvalue weighted by atomic mass is 16.5. The molecule has 2 rings (SSSR count). The van der Waals surface area contributed by atoms with Crippen LogP contribution in [0.1, 0.15) is 5.76 Å². The van der Waals surface area contributed by atoms with E-state index in [1.807, 2.05) is 12.1 Å². The first-order valence-electron chi connectivity index (χ1n) is 9.75. The highest BCUT2D eigenvalue weighted by Gasteiger charge is 2.21. The summed E-state index contributed by atoms with van der Waals surface area (Å²) in [7, 11) is 3.30. The second-order valence-corrected chi connectivity index (χ2v) is 6.56. The summed E-state index contributed by atoms with van der Waals surface area (Å²) >= 11 is 0. The van der Waals surface area contributed by atoms with Crippen molar-refractivity contribution in [1.82, 2.24) is 20.4 Å². The van der Waals surface area contributed by atoms with E-state index in [0.717, 1.165) is 50.9 Å². The topological polar surface area (TPSA) is 91.6 Å². The number of carbonyl (C=O) groups is 1. The molecule has 0 aromatic carbocycles.